The van der Waals surface area contributed by atoms with Gasteiger partial charge in [0.15, 0.2) is 0 Å². The lowest BCUT2D eigenvalue weighted by Gasteiger charge is -2.31. The van der Waals surface area contributed by atoms with Crippen LogP contribution in [0.25, 0.3) is 0 Å². The van der Waals surface area contributed by atoms with Gasteiger partial charge in [-0.05, 0) is 38.5 Å². The van der Waals surface area contributed by atoms with Crippen LogP contribution in [0.15, 0.2) is 0 Å². The zero-order chi connectivity index (χ0) is 16.2. The second kappa shape index (κ2) is 7.19. The van der Waals surface area contributed by atoms with Gasteiger partial charge in [-0.15, -0.1) is 0 Å². The Balaban J connectivity index is 1.28. The van der Waals surface area contributed by atoms with Crippen LogP contribution in [0, 0.1) is 11.8 Å². The summed E-state index contributed by atoms with van der Waals surface area (Å²) in [6.45, 7) is 2.23. The quantitative estimate of drug-likeness (QED) is 0.611. The van der Waals surface area contributed by atoms with Crippen molar-refractivity contribution in [3.05, 3.63) is 0 Å². The molecule has 0 aromatic heterocycles. The molecule has 3 rings (SSSR count). The van der Waals surface area contributed by atoms with Crippen LogP contribution in [0.3, 0.4) is 0 Å². The molecule has 128 valence electrons. The van der Waals surface area contributed by atoms with E-state index in [1.807, 2.05) is 0 Å². The number of hydrogen-bond donors (Lipinski definition) is 3. The maximum absolute atomic E-state index is 12.1. The standard InChI is InChI=1S/C16H26N4O3/c21-14(11-1-2-11)17-7-8-18-15(22)12-5-9-20(10-6-12)16(23)19-13-3-4-13/h11-13H,1-10H2,(H,17,21)(H,18,22)(H,19,23). The molecule has 3 aliphatic rings. The van der Waals surface area contributed by atoms with Crippen LogP contribution in [0.5, 0.6) is 0 Å². The molecule has 1 heterocycles. The van der Waals surface area contributed by atoms with E-state index in [1.54, 1.807) is 4.90 Å². The van der Waals surface area contributed by atoms with Crippen molar-refractivity contribution in [1.29, 1.82) is 0 Å². The summed E-state index contributed by atoms with van der Waals surface area (Å²) in [5.74, 6) is 0.318. The smallest absolute Gasteiger partial charge is 0.317 e. The van der Waals surface area contributed by atoms with Gasteiger partial charge in [0.2, 0.25) is 11.8 Å². The van der Waals surface area contributed by atoms with E-state index in [9.17, 15) is 14.4 Å². The molecule has 7 heteroatoms. The van der Waals surface area contributed by atoms with Crippen LogP contribution in [0.1, 0.15) is 38.5 Å². The molecule has 0 radical (unpaired) electrons. The molecule has 0 aromatic rings. The number of nitrogens with zero attached hydrogens (tertiary/aromatic N) is 1. The Morgan fingerprint density at radius 1 is 0.783 bits per heavy atom. The predicted molar refractivity (Wildman–Crippen MR) is 84.6 cm³/mol. The second-order valence-electron chi connectivity index (χ2n) is 6.84. The Morgan fingerprint density at radius 2 is 1.30 bits per heavy atom. The van der Waals surface area contributed by atoms with Gasteiger partial charge in [0.25, 0.3) is 0 Å². The number of hydrogen-bond acceptors (Lipinski definition) is 3. The Labute approximate surface area is 136 Å². The molecule has 2 aliphatic carbocycles. The number of piperidine rings is 1. The SMILES string of the molecule is O=C(NCCNC(=O)C1CCN(C(=O)NC2CC2)CC1)C1CC1. The molecule has 0 atom stereocenters. The number of amides is 4. The Morgan fingerprint density at radius 3 is 1.78 bits per heavy atom. The molecule has 2 saturated carbocycles. The number of likely N-dealkylation sites (tertiary alicyclic amines) is 1. The zero-order valence-corrected chi connectivity index (χ0v) is 13.5. The summed E-state index contributed by atoms with van der Waals surface area (Å²) in [4.78, 5) is 37.3. The predicted octanol–water partition coefficient (Wildman–Crippen LogP) is 0.213. The number of urea groups is 1. The lowest BCUT2D eigenvalue weighted by atomic mass is 9.96. The third-order valence-electron chi connectivity index (χ3n) is 4.73. The van der Waals surface area contributed by atoms with Gasteiger partial charge in [-0.1, -0.05) is 0 Å². The fraction of sp³-hybridized carbons (Fsp3) is 0.812. The van der Waals surface area contributed by atoms with E-state index in [4.69, 9.17) is 0 Å². The Bertz CT molecular complexity index is 466. The fourth-order valence-corrected chi connectivity index (χ4v) is 2.84. The molecule has 7 nitrogen and oxygen atoms in total. The fourth-order valence-electron chi connectivity index (χ4n) is 2.84. The van der Waals surface area contributed by atoms with Gasteiger partial charge < -0.3 is 20.9 Å². The average Bonchev–Trinajstić information content (AvgIpc) is 3.44. The van der Waals surface area contributed by atoms with Crippen molar-refractivity contribution in [2.45, 2.75) is 44.6 Å². The maximum atomic E-state index is 12.1. The van der Waals surface area contributed by atoms with E-state index < -0.39 is 0 Å². The van der Waals surface area contributed by atoms with Gasteiger partial charge in [0.1, 0.15) is 0 Å². The molecule has 0 unspecified atom stereocenters. The van der Waals surface area contributed by atoms with Gasteiger partial charge in [0, 0.05) is 44.1 Å². The van der Waals surface area contributed by atoms with Crippen LogP contribution in [-0.4, -0.2) is 55.0 Å². The van der Waals surface area contributed by atoms with Crippen LogP contribution in [0.4, 0.5) is 4.79 Å². The maximum Gasteiger partial charge on any atom is 0.317 e. The lowest BCUT2D eigenvalue weighted by Crippen LogP contribution is -2.47. The number of nitrogens with one attached hydrogen (secondary N) is 3. The Kier molecular flexibility index (Phi) is 5.03. The number of carbonyl (C=O) groups excluding carboxylic acids is 3. The minimum Gasteiger partial charge on any atom is -0.354 e. The van der Waals surface area contributed by atoms with Crippen LogP contribution in [-0.2, 0) is 9.59 Å². The summed E-state index contributed by atoms with van der Waals surface area (Å²) >= 11 is 0. The lowest BCUT2D eigenvalue weighted by molar-refractivity contribution is -0.126. The molecule has 0 spiro atoms. The summed E-state index contributed by atoms with van der Waals surface area (Å²) in [6, 6.07) is 0.378. The first kappa shape index (κ1) is 16.1. The molecule has 23 heavy (non-hydrogen) atoms. The van der Waals surface area contributed by atoms with E-state index in [0.717, 1.165) is 25.7 Å². The first-order chi connectivity index (χ1) is 11.1. The average molecular weight is 322 g/mol. The van der Waals surface area contributed by atoms with Gasteiger partial charge >= 0.3 is 6.03 Å². The third-order valence-corrected chi connectivity index (χ3v) is 4.73. The molecule has 1 saturated heterocycles. The monoisotopic (exact) mass is 322 g/mol. The highest BCUT2D eigenvalue weighted by Gasteiger charge is 2.31. The summed E-state index contributed by atoms with van der Waals surface area (Å²) in [7, 11) is 0. The highest BCUT2D eigenvalue weighted by molar-refractivity contribution is 5.81. The van der Waals surface area contributed by atoms with E-state index in [-0.39, 0.29) is 29.7 Å². The van der Waals surface area contributed by atoms with Crippen molar-refractivity contribution in [2.75, 3.05) is 26.2 Å². The number of carbonyl (C=O) groups is 3. The molecular formula is C16H26N4O3. The molecule has 4 amide bonds. The topological polar surface area (TPSA) is 90.5 Å². The Hall–Kier alpha value is -1.79. The van der Waals surface area contributed by atoms with Crippen LogP contribution in [0.2, 0.25) is 0 Å². The van der Waals surface area contributed by atoms with E-state index >= 15 is 0 Å². The van der Waals surface area contributed by atoms with Crippen molar-refractivity contribution >= 4 is 17.8 Å². The summed E-state index contributed by atoms with van der Waals surface area (Å²) in [6.07, 6.45) is 5.57. The molecule has 1 aliphatic heterocycles. The van der Waals surface area contributed by atoms with E-state index in [2.05, 4.69) is 16.0 Å². The van der Waals surface area contributed by atoms with Crippen LogP contribution < -0.4 is 16.0 Å². The van der Waals surface area contributed by atoms with E-state index in [1.165, 1.54) is 0 Å². The molecule has 3 fully saturated rings. The van der Waals surface area contributed by atoms with Crippen molar-refractivity contribution in [1.82, 2.24) is 20.9 Å². The summed E-state index contributed by atoms with van der Waals surface area (Å²) < 4.78 is 0. The van der Waals surface area contributed by atoms with E-state index in [0.29, 0.717) is 45.1 Å². The van der Waals surface area contributed by atoms with Gasteiger partial charge in [-0.25, -0.2) is 4.79 Å². The molecule has 3 N–H and O–H groups in total. The normalized spacial score (nSPS) is 21.7. The van der Waals surface area contributed by atoms with Crippen molar-refractivity contribution in [3.63, 3.8) is 0 Å². The third kappa shape index (κ3) is 4.84. The highest BCUT2D eigenvalue weighted by atomic mass is 16.2. The first-order valence-corrected chi connectivity index (χ1v) is 8.74. The minimum absolute atomic E-state index is 0.00847. The highest BCUT2D eigenvalue weighted by Crippen LogP contribution is 2.28. The van der Waals surface area contributed by atoms with Crippen molar-refractivity contribution < 1.29 is 14.4 Å². The van der Waals surface area contributed by atoms with Crippen LogP contribution >= 0.6 is 0 Å². The van der Waals surface area contributed by atoms with Crippen molar-refractivity contribution in [3.8, 4) is 0 Å². The summed E-state index contributed by atoms with van der Waals surface area (Å²) in [5.41, 5.74) is 0. The largest absolute Gasteiger partial charge is 0.354 e. The first-order valence-electron chi connectivity index (χ1n) is 8.74. The molecular weight excluding hydrogens is 296 g/mol. The summed E-state index contributed by atoms with van der Waals surface area (Å²) in [5, 5.41) is 8.70. The molecule has 0 aromatic carbocycles. The van der Waals surface area contributed by atoms with Crippen molar-refractivity contribution in [2.24, 2.45) is 11.8 Å². The molecule has 0 bridgehead atoms. The second-order valence-corrected chi connectivity index (χ2v) is 6.84. The number of rotatable bonds is 6. The van der Waals surface area contributed by atoms with Gasteiger partial charge in [0.05, 0.1) is 0 Å². The van der Waals surface area contributed by atoms with Gasteiger partial charge in [-0.3, -0.25) is 9.59 Å². The minimum atomic E-state index is -0.0286. The van der Waals surface area contributed by atoms with Gasteiger partial charge in [-0.2, -0.15) is 0 Å². The zero-order valence-electron chi connectivity index (χ0n) is 13.5.